The van der Waals surface area contributed by atoms with Crippen molar-refractivity contribution in [2.75, 3.05) is 0 Å². The number of nitrogens with zero attached hydrogens (tertiary/aromatic N) is 1. The van der Waals surface area contributed by atoms with Gasteiger partial charge in [-0.2, -0.15) is 0 Å². The Morgan fingerprint density at radius 1 is 1.29 bits per heavy atom. The van der Waals surface area contributed by atoms with E-state index in [1.165, 1.54) is 12.8 Å². The summed E-state index contributed by atoms with van der Waals surface area (Å²) in [5.41, 5.74) is 2.07. The molecule has 3 rings (SSSR count). The summed E-state index contributed by atoms with van der Waals surface area (Å²) < 4.78 is 0. The summed E-state index contributed by atoms with van der Waals surface area (Å²) in [5, 5.41) is 0.978. The summed E-state index contributed by atoms with van der Waals surface area (Å²) in [6.07, 6.45) is 3.18. The van der Waals surface area contributed by atoms with Crippen molar-refractivity contribution in [3.05, 3.63) is 41.6 Å². The number of aromatic nitrogens is 1. The quantitative estimate of drug-likeness (QED) is 0.547. The molecule has 0 atom stereocenters. The van der Waals surface area contributed by atoms with E-state index in [9.17, 15) is 4.79 Å². The van der Waals surface area contributed by atoms with Gasteiger partial charge in [0.15, 0.2) is 6.29 Å². The van der Waals surface area contributed by atoms with E-state index in [1.807, 2.05) is 30.3 Å². The summed E-state index contributed by atoms with van der Waals surface area (Å²) in [6, 6.07) is 9.62. The third kappa shape index (κ3) is 2.05. The summed E-state index contributed by atoms with van der Waals surface area (Å²) in [7, 11) is 0. The van der Waals surface area contributed by atoms with Crippen molar-refractivity contribution in [1.82, 2.24) is 4.98 Å². The first-order valence-electron chi connectivity index (χ1n) is 5.73. The average molecular weight is 221 g/mol. The number of hydrogen-bond acceptors (Lipinski definition) is 2. The molecule has 2 heteroatoms. The van der Waals surface area contributed by atoms with Gasteiger partial charge in [0, 0.05) is 16.9 Å². The third-order valence-electron chi connectivity index (χ3n) is 2.85. The maximum absolute atomic E-state index is 11.0. The van der Waals surface area contributed by atoms with E-state index in [4.69, 9.17) is 0 Å². The minimum atomic E-state index is 0.516. The topological polar surface area (TPSA) is 30.0 Å². The Kier molecular flexibility index (Phi) is 2.38. The van der Waals surface area contributed by atoms with Crippen LogP contribution >= 0.6 is 0 Å². The van der Waals surface area contributed by atoms with E-state index in [0.717, 1.165) is 17.2 Å². The number of carbonyl (C=O) groups excluding carboxylic acids is 1. The number of rotatable bonds is 1. The molecule has 82 valence electrons. The van der Waals surface area contributed by atoms with Gasteiger partial charge in [0.25, 0.3) is 0 Å². The van der Waals surface area contributed by atoms with Gasteiger partial charge in [-0.3, -0.25) is 4.79 Å². The van der Waals surface area contributed by atoms with Gasteiger partial charge in [0.1, 0.15) is 5.69 Å². The van der Waals surface area contributed by atoms with Gasteiger partial charge in [0.05, 0.1) is 5.52 Å². The van der Waals surface area contributed by atoms with Crippen molar-refractivity contribution >= 4 is 17.2 Å². The lowest BCUT2D eigenvalue weighted by molar-refractivity contribution is 0.112. The molecule has 1 aromatic carbocycles. The molecule has 2 nitrogen and oxygen atoms in total. The molecule has 1 aliphatic carbocycles. The van der Waals surface area contributed by atoms with Crippen LogP contribution < -0.4 is 0 Å². The van der Waals surface area contributed by atoms with Crippen LogP contribution in [0.2, 0.25) is 0 Å². The van der Waals surface area contributed by atoms with Crippen molar-refractivity contribution in [3.8, 4) is 11.8 Å². The highest BCUT2D eigenvalue weighted by atomic mass is 16.1. The lowest BCUT2D eigenvalue weighted by atomic mass is 10.1. The molecule has 0 unspecified atom stereocenters. The van der Waals surface area contributed by atoms with Crippen LogP contribution in [0.3, 0.4) is 0 Å². The molecule has 1 fully saturated rings. The largest absolute Gasteiger partial charge is 0.298 e. The highest BCUT2D eigenvalue weighted by Gasteiger charge is 2.18. The standard InChI is InChI=1S/C15H11NO/c17-10-13-9-12-3-1-2-4-14(12)16-15(13)8-7-11-5-6-11/h1-4,9-11H,5-6H2. The number of aldehydes is 1. The second-order valence-electron chi connectivity index (χ2n) is 4.28. The Bertz CT molecular complexity index is 645. The Balaban J connectivity index is 2.15. The Morgan fingerprint density at radius 3 is 2.88 bits per heavy atom. The first-order chi connectivity index (χ1) is 8.36. The fourth-order valence-electron chi connectivity index (χ4n) is 1.72. The molecule has 1 heterocycles. The minimum absolute atomic E-state index is 0.516. The van der Waals surface area contributed by atoms with Gasteiger partial charge in [-0.15, -0.1) is 0 Å². The predicted octanol–water partition coefficient (Wildman–Crippen LogP) is 2.81. The summed E-state index contributed by atoms with van der Waals surface area (Å²) in [4.78, 5) is 15.5. The average Bonchev–Trinajstić information content (AvgIpc) is 3.19. The third-order valence-corrected chi connectivity index (χ3v) is 2.85. The van der Waals surface area contributed by atoms with Gasteiger partial charge < -0.3 is 0 Å². The minimum Gasteiger partial charge on any atom is -0.298 e. The molecule has 0 radical (unpaired) electrons. The normalized spacial score (nSPS) is 14.1. The number of pyridine rings is 1. The number of fused-ring (bicyclic) bond motifs is 1. The highest BCUT2D eigenvalue weighted by Crippen LogP contribution is 2.27. The van der Waals surface area contributed by atoms with Crippen molar-refractivity contribution in [2.45, 2.75) is 12.8 Å². The van der Waals surface area contributed by atoms with E-state index >= 15 is 0 Å². The Hall–Kier alpha value is -2.14. The van der Waals surface area contributed by atoms with Gasteiger partial charge in [-0.1, -0.05) is 24.1 Å². The van der Waals surface area contributed by atoms with Crippen molar-refractivity contribution < 1.29 is 4.79 Å². The summed E-state index contributed by atoms with van der Waals surface area (Å²) in [5.74, 6) is 6.68. The van der Waals surface area contributed by atoms with E-state index in [2.05, 4.69) is 16.8 Å². The smallest absolute Gasteiger partial charge is 0.152 e. The molecule has 0 aliphatic heterocycles. The first-order valence-corrected chi connectivity index (χ1v) is 5.73. The van der Waals surface area contributed by atoms with E-state index in [-0.39, 0.29) is 0 Å². The highest BCUT2D eigenvalue weighted by molar-refractivity contribution is 5.88. The second-order valence-corrected chi connectivity index (χ2v) is 4.28. The lowest BCUT2D eigenvalue weighted by Gasteiger charge is -2.00. The first kappa shape index (κ1) is 10.0. The zero-order valence-electron chi connectivity index (χ0n) is 9.31. The molecular formula is C15H11NO. The van der Waals surface area contributed by atoms with Crippen LogP contribution in [0.1, 0.15) is 28.9 Å². The molecule has 0 saturated heterocycles. The summed E-state index contributed by atoms with van der Waals surface area (Å²) in [6.45, 7) is 0. The Morgan fingerprint density at radius 2 is 2.12 bits per heavy atom. The zero-order chi connectivity index (χ0) is 11.7. The fraction of sp³-hybridized carbons (Fsp3) is 0.200. The molecule has 0 N–H and O–H groups in total. The molecule has 0 spiro atoms. The van der Waals surface area contributed by atoms with E-state index in [1.54, 1.807) is 0 Å². The molecule has 1 aromatic heterocycles. The lowest BCUT2D eigenvalue weighted by Crippen LogP contribution is -1.93. The Labute approximate surface area is 99.7 Å². The maximum atomic E-state index is 11.0. The zero-order valence-corrected chi connectivity index (χ0v) is 9.31. The number of hydrogen-bond donors (Lipinski definition) is 0. The molecule has 17 heavy (non-hydrogen) atoms. The van der Waals surface area contributed by atoms with Crippen molar-refractivity contribution in [3.63, 3.8) is 0 Å². The van der Waals surface area contributed by atoms with Gasteiger partial charge in [-0.25, -0.2) is 4.98 Å². The number of para-hydroxylation sites is 1. The molecule has 1 saturated carbocycles. The van der Waals surface area contributed by atoms with Crippen LogP contribution in [0.15, 0.2) is 30.3 Å². The fourth-order valence-corrected chi connectivity index (χ4v) is 1.72. The number of benzene rings is 1. The van der Waals surface area contributed by atoms with Crippen molar-refractivity contribution in [2.24, 2.45) is 5.92 Å². The van der Waals surface area contributed by atoms with Gasteiger partial charge >= 0.3 is 0 Å². The second kappa shape index (κ2) is 4.03. The summed E-state index contributed by atoms with van der Waals surface area (Å²) >= 11 is 0. The molecule has 2 aromatic rings. The molecule has 0 amide bonds. The predicted molar refractivity (Wildman–Crippen MR) is 66.7 cm³/mol. The van der Waals surface area contributed by atoms with E-state index < -0.39 is 0 Å². The number of carbonyl (C=O) groups is 1. The van der Waals surface area contributed by atoms with Crippen LogP contribution in [0, 0.1) is 17.8 Å². The van der Waals surface area contributed by atoms with Crippen molar-refractivity contribution in [1.29, 1.82) is 0 Å². The van der Waals surface area contributed by atoms with E-state index in [0.29, 0.717) is 17.2 Å². The van der Waals surface area contributed by atoms with Crippen LogP contribution in [-0.2, 0) is 0 Å². The van der Waals surface area contributed by atoms with Crippen LogP contribution in [0.25, 0.3) is 10.9 Å². The van der Waals surface area contributed by atoms with Crippen LogP contribution in [0.5, 0.6) is 0 Å². The SMILES string of the molecule is O=Cc1cc2ccccc2nc1C#CC1CC1. The van der Waals surface area contributed by atoms with Crippen LogP contribution in [0.4, 0.5) is 0 Å². The maximum Gasteiger partial charge on any atom is 0.152 e. The molecular weight excluding hydrogens is 210 g/mol. The van der Waals surface area contributed by atoms with Gasteiger partial charge in [-0.05, 0) is 30.9 Å². The van der Waals surface area contributed by atoms with Gasteiger partial charge in [0.2, 0.25) is 0 Å². The van der Waals surface area contributed by atoms with Crippen LogP contribution in [-0.4, -0.2) is 11.3 Å². The monoisotopic (exact) mass is 221 g/mol. The molecule has 0 bridgehead atoms. The molecule has 1 aliphatic rings.